The Morgan fingerprint density at radius 2 is 1.29 bits per heavy atom. The van der Waals surface area contributed by atoms with Gasteiger partial charge in [0.1, 0.15) is 0 Å². The number of thioether (sulfide) groups is 1. The molecule has 2 rings (SSSR count). The van der Waals surface area contributed by atoms with Gasteiger partial charge in [0.2, 0.25) is 5.12 Å². The third kappa shape index (κ3) is 3.50. The summed E-state index contributed by atoms with van der Waals surface area (Å²) in [5.41, 5.74) is 0.634. The van der Waals surface area contributed by atoms with Crippen LogP contribution >= 0.6 is 35.0 Å². The van der Waals surface area contributed by atoms with E-state index in [9.17, 15) is 4.79 Å². The SMILES string of the molecule is O=C(Sc1ccc(Cl)cc1)c1ccc(Cl)cc1. The van der Waals surface area contributed by atoms with Crippen LogP contribution in [0.5, 0.6) is 0 Å². The summed E-state index contributed by atoms with van der Waals surface area (Å²) < 4.78 is 0. The topological polar surface area (TPSA) is 17.1 Å². The van der Waals surface area contributed by atoms with Crippen LogP contribution in [0.4, 0.5) is 0 Å². The molecule has 2 aromatic carbocycles. The second-order valence-electron chi connectivity index (χ2n) is 3.35. The van der Waals surface area contributed by atoms with Gasteiger partial charge < -0.3 is 0 Å². The molecule has 86 valence electrons. The minimum absolute atomic E-state index is 0.0102. The van der Waals surface area contributed by atoms with Crippen molar-refractivity contribution in [1.29, 1.82) is 0 Å². The van der Waals surface area contributed by atoms with E-state index in [2.05, 4.69) is 0 Å². The summed E-state index contributed by atoms with van der Waals surface area (Å²) in [5, 5.41) is 1.27. The molecular formula is C13H8Cl2OS. The predicted octanol–water partition coefficient (Wildman–Crippen LogP) is 4.93. The van der Waals surface area contributed by atoms with E-state index in [1.54, 1.807) is 36.4 Å². The zero-order valence-electron chi connectivity index (χ0n) is 8.69. The lowest BCUT2D eigenvalue weighted by molar-refractivity contribution is 0.108. The van der Waals surface area contributed by atoms with Gasteiger partial charge in [0, 0.05) is 20.5 Å². The molecule has 0 N–H and O–H groups in total. The van der Waals surface area contributed by atoms with Crippen LogP contribution in [0.1, 0.15) is 10.4 Å². The third-order valence-electron chi connectivity index (χ3n) is 2.10. The van der Waals surface area contributed by atoms with E-state index in [1.807, 2.05) is 12.1 Å². The summed E-state index contributed by atoms with van der Waals surface area (Å²) in [5.74, 6) is 0. The van der Waals surface area contributed by atoms with Crippen LogP contribution in [0, 0.1) is 0 Å². The smallest absolute Gasteiger partial charge is 0.224 e. The molecule has 0 aromatic heterocycles. The molecule has 0 saturated carbocycles. The molecule has 0 bridgehead atoms. The lowest BCUT2D eigenvalue weighted by Crippen LogP contribution is -1.92. The van der Waals surface area contributed by atoms with Crippen LogP contribution in [0.15, 0.2) is 53.4 Å². The third-order valence-corrected chi connectivity index (χ3v) is 3.54. The molecule has 0 fully saturated rings. The van der Waals surface area contributed by atoms with Crippen molar-refractivity contribution >= 4 is 40.1 Å². The van der Waals surface area contributed by atoms with Crippen molar-refractivity contribution in [3.8, 4) is 0 Å². The van der Waals surface area contributed by atoms with Crippen LogP contribution in [-0.4, -0.2) is 5.12 Å². The molecule has 0 saturated heterocycles. The van der Waals surface area contributed by atoms with E-state index in [1.165, 1.54) is 11.8 Å². The number of hydrogen-bond donors (Lipinski definition) is 0. The molecular weight excluding hydrogens is 275 g/mol. The Labute approximate surface area is 114 Å². The monoisotopic (exact) mass is 282 g/mol. The van der Waals surface area contributed by atoms with Gasteiger partial charge in [0.05, 0.1) is 0 Å². The number of carbonyl (C=O) groups excluding carboxylic acids is 1. The quantitative estimate of drug-likeness (QED) is 0.727. The molecule has 0 unspecified atom stereocenters. The average Bonchev–Trinajstić information content (AvgIpc) is 2.33. The average molecular weight is 283 g/mol. The van der Waals surface area contributed by atoms with E-state index in [0.717, 1.165) is 4.90 Å². The first kappa shape index (κ1) is 12.5. The summed E-state index contributed by atoms with van der Waals surface area (Å²) in [6, 6.07) is 14.0. The lowest BCUT2D eigenvalue weighted by atomic mass is 10.2. The van der Waals surface area contributed by atoms with Gasteiger partial charge in [-0.2, -0.15) is 0 Å². The highest BCUT2D eigenvalue weighted by atomic mass is 35.5. The predicted molar refractivity (Wildman–Crippen MR) is 73.1 cm³/mol. The van der Waals surface area contributed by atoms with Gasteiger partial charge >= 0.3 is 0 Å². The highest BCUT2D eigenvalue weighted by Gasteiger charge is 2.07. The summed E-state index contributed by atoms with van der Waals surface area (Å²) in [4.78, 5) is 12.8. The largest absolute Gasteiger partial charge is 0.281 e. The van der Waals surface area contributed by atoms with E-state index >= 15 is 0 Å². The van der Waals surface area contributed by atoms with Crippen LogP contribution in [0.2, 0.25) is 10.0 Å². The Balaban J connectivity index is 2.11. The summed E-state index contributed by atoms with van der Waals surface area (Å²) >= 11 is 12.7. The zero-order valence-corrected chi connectivity index (χ0v) is 11.0. The first-order chi connectivity index (χ1) is 8.15. The van der Waals surface area contributed by atoms with Gasteiger partial charge in [-0.05, 0) is 60.3 Å². The molecule has 1 nitrogen and oxygen atoms in total. The normalized spacial score (nSPS) is 10.2. The van der Waals surface area contributed by atoms with E-state index in [4.69, 9.17) is 23.2 Å². The van der Waals surface area contributed by atoms with Crippen molar-refractivity contribution in [2.45, 2.75) is 4.90 Å². The minimum Gasteiger partial charge on any atom is -0.281 e. The first-order valence-corrected chi connectivity index (χ1v) is 6.46. The van der Waals surface area contributed by atoms with Gasteiger partial charge in [-0.25, -0.2) is 0 Å². The molecule has 0 radical (unpaired) electrons. The maximum absolute atomic E-state index is 11.9. The fourth-order valence-electron chi connectivity index (χ4n) is 1.25. The second kappa shape index (κ2) is 5.58. The molecule has 0 heterocycles. The molecule has 0 aliphatic carbocycles. The molecule has 0 amide bonds. The standard InChI is InChI=1S/C13H8Cl2OS/c14-10-3-1-9(2-4-10)13(16)17-12-7-5-11(15)6-8-12/h1-8H. The van der Waals surface area contributed by atoms with Crippen molar-refractivity contribution in [3.63, 3.8) is 0 Å². The van der Waals surface area contributed by atoms with Crippen LogP contribution in [0.25, 0.3) is 0 Å². The van der Waals surface area contributed by atoms with Gasteiger partial charge in [0.25, 0.3) is 0 Å². The van der Waals surface area contributed by atoms with Gasteiger partial charge in [0.15, 0.2) is 0 Å². The fraction of sp³-hybridized carbons (Fsp3) is 0. The first-order valence-electron chi connectivity index (χ1n) is 4.88. The fourth-order valence-corrected chi connectivity index (χ4v) is 2.25. The molecule has 0 atom stereocenters. The number of rotatable bonds is 2. The van der Waals surface area contributed by atoms with Crippen LogP contribution < -0.4 is 0 Å². The van der Waals surface area contributed by atoms with Crippen molar-refractivity contribution in [2.75, 3.05) is 0 Å². The lowest BCUT2D eigenvalue weighted by Gasteiger charge is -2.01. The molecule has 17 heavy (non-hydrogen) atoms. The van der Waals surface area contributed by atoms with E-state index in [0.29, 0.717) is 15.6 Å². The Bertz CT molecular complexity index is 520. The summed E-state index contributed by atoms with van der Waals surface area (Å²) in [6.07, 6.45) is 0. The second-order valence-corrected chi connectivity index (χ2v) is 5.27. The van der Waals surface area contributed by atoms with E-state index in [-0.39, 0.29) is 5.12 Å². The molecule has 2 aromatic rings. The summed E-state index contributed by atoms with van der Waals surface area (Å²) in [6.45, 7) is 0. The Morgan fingerprint density at radius 3 is 1.82 bits per heavy atom. The van der Waals surface area contributed by atoms with Crippen molar-refractivity contribution in [3.05, 3.63) is 64.1 Å². The number of halogens is 2. The van der Waals surface area contributed by atoms with Crippen LogP contribution in [0.3, 0.4) is 0 Å². The Morgan fingerprint density at radius 1 is 0.824 bits per heavy atom. The molecule has 0 aliphatic rings. The van der Waals surface area contributed by atoms with Gasteiger partial charge in [-0.3, -0.25) is 4.79 Å². The molecule has 4 heteroatoms. The van der Waals surface area contributed by atoms with E-state index < -0.39 is 0 Å². The maximum Gasteiger partial charge on any atom is 0.224 e. The van der Waals surface area contributed by atoms with Crippen LogP contribution in [-0.2, 0) is 0 Å². The molecule has 0 spiro atoms. The maximum atomic E-state index is 11.9. The Kier molecular flexibility index (Phi) is 4.11. The number of carbonyl (C=O) groups is 1. The van der Waals surface area contributed by atoms with Gasteiger partial charge in [-0.1, -0.05) is 23.2 Å². The van der Waals surface area contributed by atoms with Crippen molar-refractivity contribution < 1.29 is 4.79 Å². The zero-order chi connectivity index (χ0) is 12.3. The highest BCUT2D eigenvalue weighted by molar-refractivity contribution is 8.14. The van der Waals surface area contributed by atoms with Crippen molar-refractivity contribution in [2.24, 2.45) is 0 Å². The number of benzene rings is 2. The molecule has 0 aliphatic heterocycles. The number of hydrogen-bond acceptors (Lipinski definition) is 2. The summed E-state index contributed by atoms with van der Waals surface area (Å²) in [7, 11) is 0. The highest BCUT2D eigenvalue weighted by Crippen LogP contribution is 2.24. The minimum atomic E-state index is -0.0102. The van der Waals surface area contributed by atoms with Gasteiger partial charge in [-0.15, -0.1) is 0 Å². The van der Waals surface area contributed by atoms with Crippen molar-refractivity contribution in [1.82, 2.24) is 0 Å². The Hall–Kier alpha value is -0.960.